The molecule has 2 aliphatic rings. The lowest BCUT2D eigenvalue weighted by Crippen LogP contribution is -2.53. The number of thioether (sulfide) groups is 2. The maximum Gasteiger partial charge on any atom is 0.236 e. The van der Waals surface area contributed by atoms with Gasteiger partial charge in [0.25, 0.3) is 0 Å². The number of fused-ring (bicyclic) bond motifs is 2. The molecule has 0 unspecified atom stereocenters. The summed E-state index contributed by atoms with van der Waals surface area (Å²) < 4.78 is 29.8. The largest absolute Gasteiger partial charge is 0.390 e. The van der Waals surface area contributed by atoms with E-state index in [1.807, 2.05) is 24.3 Å². The molecule has 0 aromatic heterocycles. The van der Waals surface area contributed by atoms with Crippen LogP contribution in [0, 0.1) is 11.6 Å². The van der Waals surface area contributed by atoms with Gasteiger partial charge >= 0.3 is 0 Å². The lowest BCUT2D eigenvalue weighted by molar-refractivity contribution is -0.129. The van der Waals surface area contributed by atoms with Gasteiger partial charge in [-0.2, -0.15) is 0 Å². The second-order valence-electron chi connectivity index (χ2n) is 11.8. The highest BCUT2D eigenvalue weighted by Gasteiger charge is 2.44. The van der Waals surface area contributed by atoms with E-state index in [1.54, 1.807) is 36.4 Å². The predicted octanol–water partition coefficient (Wildman–Crippen LogP) is 3.86. The molecule has 0 saturated heterocycles. The van der Waals surface area contributed by atoms with E-state index < -0.39 is 70.4 Å². The third kappa shape index (κ3) is 7.14. The molecular weight excluding hydrogens is 659 g/mol. The van der Waals surface area contributed by atoms with Crippen molar-refractivity contribution in [1.29, 1.82) is 0 Å². The number of carbonyl (C=O) groups is 2. The van der Waals surface area contributed by atoms with E-state index in [4.69, 9.17) is 0 Å². The van der Waals surface area contributed by atoms with Gasteiger partial charge < -0.3 is 31.1 Å². The third-order valence-electron chi connectivity index (χ3n) is 8.67. The Morgan fingerprint density at radius 3 is 1.35 bits per heavy atom. The molecule has 0 saturated carbocycles. The van der Waals surface area contributed by atoms with Gasteiger partial charge in [-0.25, -0.2) is 8.78 Å². The quantitative estimate of drug-likeness (QED) is 0.130. The van der Waals surface area contributed by atoms with Crippen LogP contribution in [0.4, 0.5) is 8.78 Å². The van der Waals surface area contributed by atoms with Gasteiger partial charge in [-0.05, 0) is 46.5 Å². The van der Waals surface area contributed by atoms with E-state index in [9.17, 15) is 38.8 Å². The molecule has 4 aromatic rings. The minimum atomic E-state index is -1.99. The van der Waals surface area contributed by atoms with Gasteiger partial charge in [0.05, 0.1) is 24.3 Å². The minimum absolute atomic E-state index is 0.00436. The molecule has 0 aliphatic heterocycles. The van der Waals surface area contributed by atoms with Crippen LogP contribution in [-0.4, -0.2) is 67.2 Å². The molecule has 0 radical (unpaired) electrons. The van der Waals surface area contributed by atoms with Crippen molar-refractivity contribution in [3.8, 4) is 0 Å². The lowest BCUT2D eigenvalue weighted by Gasteiger charge is -2.32. The first-order valence-corrected chi connectivity index (χ1v) is 17.2. The lowest BCUT2D eigenvalue weighted by atomic mass is 10.0. The fourth-order valence-corrected chi connectivity index (χ4v) is 8.41. The summed E-state index contributed by atoms with van der Waals surface area (Å²) in [5.74, 6) is -2.97. The fraction of sp³-hybridized carbons (Fsp3) is 0.278. The molecule has 0 spiro atoms. The summed E-state index contributed by atoms with van der Waals surface area (Å²) in [6.07, 6.45) is -5.34. The van der Waals surface area contributed by atoms with Crippen molar-refractivity contribution in [3.05, 3.63) is 131 Å². The Morgan fingerprint density at radius 2 is 0.958 bits per heavy atom. The first-order chi connectivity index (χ1) is 23.1. The van der Waals surface area contributed by atoms with Gasteiger partial charge in [-0.1, -0.05) is 72.8 Å². The van der Waals surface area contributed by atoms with Gasteiger partial charge in [-0.15, -0.1) is 23.5 Å². The molecule has 48 heavy (non-hydrogen) atoms. The summed E-state index contributed by atoms with van der Waals surface area (Å²) in [6.45, 7) is 0. The number of hydrogen-bond acceptors (Lipinski definition) is 8. The first kappa shape index (κ1) is 34.1. The molecule has 2 aliphatic carbocycles. The topological polar surface area (TPSA) is 139 Å². The van der Waals surface area contributed by atoms with Crippen molar-refractivity contribution < 1.29 is 38.8 Å². The molecule has 6 N–H and O–H groups in total. The van der Waals surface area contributed by atoms with Crippen molar-refractivity contribution >= 4 is 35.3 Å². The van der Waals surface area contributed by atoms with Crippen LogP contribution in [-0.2, 0) is 22.4 Å². The van der Waals surface area contributed by atoms with E-state index in [0.29, 0.717) is 34.7 Å². The number of nitrogens with one attached hydrogen (secondary N) is 2. The van der Waals surface area contributed by atoms with E-state index in [2.05, 4.69) is 10.6 Å². The molecule has 250 valence electrons. The zero-order valence-corrected chi connectivity index (χ0v) is 27.1. The van der Waals surface area contributed by atoms with Crippen molar-refractivity contribution in [2.45, 2.75) is 69.6 Å². The summed E-state index contributed by atoms with van der Waals surface area (Å²) in [4.78, 5) is 27.9. The van der Waals surface area contributed by atoms with Crippen LogP contribution in [0.3, 0.4) is 0 Å². The van der Waals surface area contributed by atoms with Crippen molar-refractivity contribution in [3.63, 3.8) is 0 Å². The van der Waals surface area contributed by atoms with Crippen LogP contribution in [0.5, 0.6) is 0 Å². The highest BCUT2D eigenvalue weighted by Crippen LogP contribution is 2.37. The van der Waals surface area contributed by atoms with Crippen molar-refractivity contribution in [1.82, 2.24) is 10.6 Å². The number of amides is 2. The van der Waals surface area contributed by atoms with E-state index >= 15 is 0 Å². The Balaban J connectivity index is 1.31. The van der Waals surface area contributed by atoms with Crippen molar-refractivity contribution in [2.75, 3.05) is 0 Å². The summed E-state index contributed by atoms with van der Waals surface area (Å²) >= 11 is 1.31. The van der Waals surface area contributed by atoms with E-state index in [0.717, 1.165) is 11.1 Å². The zero-order valence-electron chi connectivity index (χ0n) is 25.4. The van der Waals surface area contributed by atoms with Crippen molar-refractivity contribution in [2.24, 2.45) is 0 Å². The molecule has 4 aromatic carbocycles. The van der Waals surface area contributed by atoms with E-state index in [-0.39, 0.29) is 22.6 Å². The molecule has 12 heteroatoms. The summed E-state index contributed by atoms with van der Waals surface area (Å²) in [6, 6.07) is 23.9. The van der Waals surface area contributed by atoms with Crippen LogP contribution < -0.4 is 10.6 Å². The molecule has 0 fully saturated rings. The Labute approximate surface area is 284 Å². The second kappa shape index (κ2) is 14.8. The molecule has 6 rings (SSSR count). The Hall–Kier alpha value is -3.78. The van der Waals surface area contributed by atoms with Crippen LogP contribution in [0.15, 0.2) is 107 Å². The van der Waals surface area contributed by atoms with Gasteiger partial charge in [0, 0.05) is 22.6 Å². The number of carbonyl (C=O) groups excluding carboxylic acids is 2. The zero-order chi connectivity index (χ0) is 33.9. The standard InChI is InChI=1S/C36H34F2N2O6S2/c37-23-13-5-7-15-27(23)47-33(35(45)39-29-21-11-3-1-9-19(21)17-25(29)41)31(43)32(44)34(48-28-16-8-6-14-24(28)38)36(46)40-30-22-12-4-2-10-20(22)18-26(30)42/h1-16,25-26,29-34,41-44H,17-18H2,(H,39,45)(H,40,46)/t25-,26-,29+,30+,31-,32-,33-,34-/m1/s1. The van der Waals surface area contributed by atoms with Crippen LogP contribution >= 0.6 is 23.5 Å². The predicted molar refractivity (Wildman–Crippen MR) is 178 cm³/mol. The third-order valence-corrected chi connectivity index (χ3v) is 11.3. The number of rotatable bonds is 11. The Bertz CT molecular complexity index is 1670. The molecule has 2 amide bonds. The number of aliphatic hydroxyl groups is 4. The number of hydrogen-bond donors (Lipinski definition) is 6. The molecule has 8 atom stereocenters. The van der Waals surface area contributed by atoms with Gasteiger partial charge in [0.2, 0.25) is 11.8 Å². The normalized spacial score (nSPS) is 22.2. The summed E-state index contributed by atoms with van der Waals surface area (Å²) in [5.41, 5.74) is 3.04. The first-order valence-electron chi connectivity index (χ1n) is 15.4. The highest BCUT2D eigenvalue weighted by atomic mass is 32.2. The average Bonchev–Trinajstić information content (AvgIpc) is 3.57. The number of aliphatic hydroxyl groups excluding tert-OH is 4. The maximum absolute atomic E-state index is 14.9. The Kier molecular flexibility index (Phi) is 10.5. The number of halogens is 2. The van der Waals surface area contributed by atoms with E-state index in [1.165, 1.54) is 36.4 Å². The minimum Gasteiger partial charge on any atom is -0.390 e. The highest BCUT2D eigenvalue weighted by molar-refractivity contribution is 8.01. The summed E-state index contributed by atoms with van der Waals surface area (Å²) in [5, 5.41) is 47.4. The fourth-order valence-electron chi connectivity index (χ4n) is 6.24. The molecule has 8 nitrogen and oxygen atoms in total. The van der Waals surface area contributed by atoms with Gasteiger partial charge in [-0.3, -0.25) is 9.59 Å². The smallest absolute Gasteiger partial charge is 0.236 e. The monoisotopic (exact) mass is 692 g/mol. The SMILES string of the molecule is O=C(N[C@H]1c2ccccc2C[C@H]1O)[C@H](Sc1ccccc1F)[C@H](O)[C@@H](O)[C@@H](Sc1ccccc1F)C(=O)N[C@H]1c2ccccc2C[C@H]1O. The van der Waals surface area contributed by atoms with Crippen LogP contribution in [0.1, 0.15) is 34.3 Å². The second-order valence-corrected chi connectivity index (χ2v) is 14.2. The maximum atomic E-state index is 14.9. The molecular formula is C36H34F2N2O6S2. The number of benzene rings is 4. The van der Waals surface area contributed by atoms with Gasteiger partial charge in [0.1, 0.15) is 34.3 Å². The van der Waals surface area contributed by atoms with Gasteiger partial charge in [0.15, 0.2) is 0 Å². The summed E-state index contributed by atoms with van der Waals surface area (Å²) in [7, 11) is 0. The molecule has 0 bridgehead atoms. The van der Waals surface area contributed by atoms with Crippen LogP contribution in [0.2, 0.25) is 0 Å². The van der Waals surface area contributed by atoms with Crippen LogP contribution in [0.25, 0.3) is 0 Å². The Morgan fingerprint density at radius 1 is 0.604 bits per heavy atom. The molecule has 0 heterocycles. The average molecular weight is 693 g/mol.